The Hall–Kier alpha value is -4.39. The third kappa shape index (κ3) is 7.82. The first-order valence-corrected chi connectivity index (χ1v) is 13.3. The number of hydrogen-bond donors (Lipinski definition) is 1. The molecule has 1 unspecified atom stereocenters. The predicted molar refractivity (Wildman–Crippen MR) is 151 cm³/mol. The van der Waals surface area contributed by atoms with Crippen LogP contribution in [0.2, 0.25) is 0 Å². The Morgan fingerprint density at radius 3 is 2.38 bits per heavy atom. The number of benzene rings is 3. The molecule has 0 radical (unpaired) electrons. The molecule has 1 fully saturated rings. The number of anilines is 1. The molecule has 0 aromatic heterocycles. The Morgan fingerprint density at radius 1 is 1.00 bits per heavy atom. The first-order chi connectivity index (χ1) is 19.5. The van der Waals surface area contributed by atoms with Gasteiger partial charge < -0.3 is 24.4 Å². The molecule has 4 rings (SSSR count). The lowest BCUT2D eigenvalue weighted by Crippen LogP contribution is -2.50. The number of esters is 1. The van der Waals surface area contributed by atoms with Crippen molar-refractivity contribution in [1.29, 1.82) is 5.26 Å². The molecule has 40 heavy (non-hydrogen) atoms. The zero-order valence-electron chi connectivity index (χ0n) is 22.8. The van der Waals surface area contributed by atoms with Crippen molar-refractivity contribution < 1.29 is 23.8 Å². The molecular weight excluding hydrogens is 508 g/mol. The first kappa shape index (κ1) is 28.6. The summed E-state index contributed by atoms with van der Waals surface area (Å²) in [6.45, 7) is 5.70. The van der Waals surface area contributed by atoms with Gasteiger partial charge in [-0.25, -0.2) is 9.59 Å². The minimum atomic E-state index is -0.385. The monoisotopic (exact) mass is 542 g/mol. The van der Waals surface area contributed by atoms with Crippen LogP contribution in [0.4, 0.5) is 10.5 Å². The van der Waals surface area contributed by atoms with E-state index in [1.165, 1.54) is 0 Å². The number of piperazine rings is 1. The van der Waals surface area contributed by atoms with Gasteiger partial charge in [-0.2, -0.15) is 5.26 Å². The highest BCUT2D eigenvalue weighted by atomic mass is 16.5. The van der Waals surface area contributed by atoms with Crippen LogP contribution in [0.25, 0.3) is 0 Å². The van der Waals surface area contributed by atoms with Gasteiger partial charge in [0.25, 0.3) is 0 Å². The van der Waals surface area contributed by atoms with E-state index in [1.807, 2.05) is 36.4 Å². The van der Waals surface area contributed by atoms with Gasteiger partial charge in [0.2, 0.25) is 0 Å². The van der Waals surface area contributed by atoms with Gasteiger partial charge in [0.1, 0.15) is 5.75 Å². The standard InChI is InChI=1S/C31H34N4O5/c1-3-39-30(36)25-11-13-27(14-12-25)33-31(37)35-17-15-34(16-18-35)21-29(26-5-4-6-28(19-26)38-2)40-22-24-9-7-23(20-32)8-10-24/h4-14,19,29H,3,15-18,21-22H2,1-2H3,(H,33,37). The molecule has 3 aromatic rings. The van der Waals surface area contributed by atoms with Crippen molar-refractivity contribution >= 4 is 17.7 Å². The second kappa shape index (κ2) is 14.1. The number of methoxy groups -OCH3 is 1. The van der Waals surface area contributed by atoms with E-state index in [2.05, 4.69) is 16.3 Å². The summed E-state index contributed by atoms with van der Waals surface area (Å²) in [5.41, 5.74) is 3.68. The molecule has 2 amide bonds. The van der Waals surface area contributed by atoms with Crippen LogP contribution in [-0.4, -0.2) is 68.2 Å². The molecule has 1 atom stereocenters. The molecule has 0 spiro atoms. The molecule has 208 valence electrons. The fourth-order valence-corrected chi connectivity index (χ4v) is 4.44. The molecule has 1 saturated heterocycles. The number of ether oxygens (including phenoxy) is 3. The smallest absolute Gasteiger partial charge is 0.338 e. The molecule has 9 heteroatoms. The van der Waals surface area contributed by atoms with Crippen LogP contribution in [0.15, 0.2) is 72.8 Å². The minimum absolute atomic E-state index is 0.176. The minimum Gasteiger partial charge on any atom is -0.497 e. The summed E-state index contributed by atoms with van der Waals surface area (Å²) in [4.78, 5) is 28.8. The van der Waals surface area contributed by atoms with E-state index in [1.54, 1.807) is 55.3 Å². The van der Waals surface area contributed by atoms with Gasteiger partial charge in [0.05, 0.1) is 43.6 Å². The molecule has 0 saturated carbocycles. The van der Waals surface area contributed by atoms with E-state index in [0.717, 1.165) is 16.9 Å². The van der Waals surface area contributed by atoms with E-state index in [9.17, 15) is 9.59 Å². The van der Waals surface area contributed by atoms with Crippen molar-refractivity contribution in [2.75, 3.05) is 51.8 Å². The summed E-state index contributed by atoms with van der Waals surface area (Å²) in [6.07, 6.45) is -0.205. The Kier molecular flexibility index (Phi) is 10.1. The van der Waals surface area contributed by atoms with Gasteiger partial charge in [-0.15, -0.1) is 0 Å². The van der Waals surface area contributed by atoms with E-state index in [-0.39, 0.29) is 18.1 Å². The number of hydrogen-bond acceptors (Lipinski definition) is 7. The highest BCUT2D eigenvalue weighted by Crippen LogP contribution is 2.25. The summed E-state index contributed by atoms with van der Waals surface area (Å²) >= 11 is 0. The lowest BCUT2D eigenvalue weighted by atomic mass is 10.1. The molecule has 3 aromatic carbocycles. The number of rotatable bonds is 10. The number of nitrogens with zero attached hydrogens (tertiary/aromatic N) is 3. The molecule has 9 nitrogen and oxygen atoms in total. The number of nitriles is 1. The summed E-state index contributed by atoms with van der Waals surface area (Å²) in [6, 6.07) is 23.9. The Morgan fingerprint density at radius 2 is 1.73 bits per heavy atom. The molecule has 0 aliphatic carbocycles. The second-order valence-corrected chi connectivity index (χ2v) is 9.40. The quantitative estimate of drug-likeness (QED) is 0.365. The highest BCUT2D eigenvalue weighted by molar-refractivity contribution is 5.92. The molecule has 1 aliphatic rings. The third-order valence-electron chi connectivity index (χ3n) is 6.73. The van der Waals surface area contributed by atoms with Crippen molar-refractivity contribution in [2.45, 2.75) is 19.6 Å². The van der Waals surface area contributed by atoms with Gasteiger partial charge >= 0.3 is 12.0 Å². The van der Waals surface area contributed by atoms with Crippen molar-refractivity contribution in [1.82, 2.24) is 9.80 Å². The molecule has 1 heterocycles. The fourth-order valence-electron chi connectivity index (χ4n) is 4.44. The lowest BCUT2D eigenvalue weighted by Gasteiger charge is -2.36. The maximum atomic E-state index is 12.9. The molecular formula is C31H34N4O5. The van der Waals surface area contributed by atoms with Gasteiger partial charge in [-0.1, -0.05) is 24.3 Å². The average molecular weight is 543 g/mol. The number of urea groups is 1. The Labute approximate surface area is 234 Å². The van der Waals surface area contributed by atoms with Crippen LogP contribution in [-0.2, 0) is 16.1 Å². The van der Waals surface area contributed by atoms with Crippen molar-refractivity contribution in [3.8, 4) is 11.8 Å². The average Bonchev–Trinajstić information content (AvgIpc) is 3.00. The first-order valence-electron chi connectivity index (χ1n) is 13.3. The van der Waals surface area contributed by atoms with Gasteiger partial charge in [0.15, 0.2) is 0 Å². The van der Waals surface area contributed by atoms with Gasteiger partial charge in [0, 0.05) is 38.4 Å². The van der Waals surface area contributed by atoms with Gasteiger partial charge in [-0.05, 0) is 66.6 Å². The Bertz CT molecular complexity index is 1310. The zero-order valence-corrected chi connectivity index (χ0v) is 22.8. The van der Waals surface area contributed by atoms with E-state index in [0.29, 0.717) is 62.8 Å². The second-order valence-electron chi connectivity index (χ2n) is 9.40. The summed E-state index contributed by atoms with van der Waals surface area (Å²) in [5.74, 6) is 0.380. The van der Waals surface area contributed by atoms with Crippen molar-refractivity contribution in [2.24, 2.45) is 0 Å². The van der Waals surface area contributed by atoms with Crippen molar-refractivity contribution in [3.05, 3.63) is 95.1 Å². The number of amides is 2. The number of carbonyl (C=O) groups is 2. The summed E-state index contributed by atoms with van der Waals surface area (Å²) in [7, 11) is 1.64. The van der Waals surface area contributed by atoms with E-state index in [4.69, 9.17) is 19.5 Å². The van der Waals surface area contributed by atoms with Crippen LogP contribution in [0, 0.1) is 11.3 Å². The zero-order chi connectivity index (χ0) is 28.3. The Balaban J connectivity index is 1.33. The maximum Gasteiger partial charge on any atom is 0.338 e. The van der Waals surface area contributed by atoms with E-state index >= 15 is 0 Å². The molecule has 0 bridgehead atoms. The number of carbonyl (C=O) groups excluding carboxylic acids is 2. The van der Waals surface area contributed by atoms with Crippen LogP contribution in [0.5, 0.6) is 5.75 Å². The predicted octanol–water partition coefficient (Wildman–Crippen LogP) is 4.85. The fraction of sp³-hybridized carbons (Fsp3) is 0.323. The summed E-state index contributed by atoms with van der Waals surface area (Å²) in [5, 5.41) is 12.0. The SMILES string of the molecule is CCOC(=O)c1ccc(NC(=O)N2CCN(CC(OCc3ccc(C#N)cc3)c3cccc(OC)c3)CC2)cc1. The molecule has 1 aliphatic heterocycles. The van der Waals surface area contributed by atoms with Crippen LogP contribution in [0.3, 0.4) is 0 Å². The summed E-state index contributed by atoms with van der Waals surface area (Å²) < 4.78 is 16.8. The normalized spacial score (nSPS) is 14.2. The highest BCUT2D eigenvalue weighted by Gasteiger charge is 2.25. The van der Waals surface area contributed by atoms with Crippen molar-refractivity contribution in [3.63, 3.8) is 0 Å². The lowest BCUT2D eigenvalue weighted by molar-refractivity contribution is 0.00584. The van der Waals surface area contributed by atoms with Crippen LogP contribution >= 0.6 is 0 Å². The topological polar surface area (TPSA) is 104 Å². The maximum absolute atomic E-state index is 12.9. The van der Waals surface area contributed by atoms with E-state index < -0.39 is 0 Å². The number of nitrogens with one attached hydrogen (secondary N) is 1. The largest absolute Gasteiger partial charge is 0.497 e. The van der Waals surface area contributed by atoms with Crippen LogP contribution in [0.1, 0.15) is 40.1 Å². The molecule has 1 N–H and O–H groups in total. The van der Waals surface area contributed by atoms with Crippen LogP contribution < -0.4 is 10.1 Å². The van der Waals surface area contributed by atoms with Gasteiger partial charge in [-0.3, -0.25) is 4.90 Å². The third-order valence-corrected chi connectivity index (χ3v) is 6.73.